The van der Waals surface area contributed by atoms with Gasteiger partial charge in [0.25, 0.3) is 0 Å². The Labute approximate surface area is 182 Å². The highest BCUT2D eigenvalue weighted by Gasteiger charge is 2.09. The number of hydrogen-bond donors (Lipinski definition) is 2. The van der Waals surface area contributed by atoms with E-state index in [4.69, 9.17) is 4.74 Å². The van der Waals surface area contributed by atoms with Crippen LogP contribution in [0.15, 0.2) is 4.99 Å². The Morgan fingerprint density at radius 1 is 1.04 bits per heavy atom. The van der Waals surface area contributed by atoms with Crippen molar-refractivity contribution in [3.8, 4) is 0 Å². The molecule has 1 aromatic heterocycles. The van der Waals surface area contributed by atoms with Crippen LogP contribution < -0.4 is 10.6 Å². The van der Waals surface area contributed by atoms with Gasteiger partial charge in [-0.3, -0.25) is 9.67 Å². The molecule has 0 amide bonds. The Balaban J connectivity index is 0.00000676. The van der Waals surface area contributed by atoms with E-state index in [1.807, 2.05) is 18.7 Å². The van der Waals surface area contributed by atoms with Gasteiger partial charge >= 0.3 is 0 Å². The number of guanidine groups is 1. The summed E-state index contributed by atoms with van der Waals surface area (Å²) in [7, 11) is 3.78. The molecule has 0 spiro atoms. The molecule has 27 heavy (non-hydrogen) atoms. The third-order valence-corrected chi connectivity index (χ3v) is 4.72. The van der Waals surface area contributed by atoms with Crippen LogP contribution in [0.2, 0.25) is 0 Å². The van der Waals surface area contributed by atoms with E-state index in [9.17, 15) is 0 Å². The molecule has 6 nitrogen and oxygen atoms in total. The first-order chi connectivity index (χ1) is 12.6. The zero-order chi connectivity index (χ0) is 19.2. The standard InChI is InChI=1S/C20H39N5O.HI/c1-6-7-8-9-10-11-14-26-15-12-13-22-20(21-4)23-16-19-17(2)24-25(5)18(19)3;/h6-16H2,1-5H3,(H2,21,22,23);1H. The van der Waals surface area contributed by atoms with Gasteiger partial charge in [0.15, 0.2) is 5.96 Å². The Morgan fingerprint density at radius 2 is 1.70 bits per heavy atom. The first-order valence-corrected chi connectivity index (χ1v) is 10.1. The number of aliphatic imine (C=N–C) groups is 1. The summed E-state index contributed by atoms with van der Waals surface area (Å²) in [4.78, 5) is 4.28. The number of aromatic nitrogens is 2. The maximum Gasteiger partial charge on any atom is 0.191 e. The molecule has 0 aromatic carbocycles. The average Bonchev–Trinajstić information content (AvgIpc) is 2.87. The molecule has 0 saturated carbocycles. The SMILES string of the molecule is CCCCCCCCOCCCNC(=NC)NCc1c(C)nn(C)c1C.I. The van der Waals surface area contributed by atoms with Crippen LogP contribution in [-0.2, 0) is 18.3 Å². The third kappa shape index (κ3) is 10.9. The maximum atomic E-state index is 5.71. The van der Waals surface area contributed by atoms with Crippen LogP contribution in [0, 0.1) is 13.8 Å². The van der Waals surface area contributed by atoms with Gasteiger partial charge in [-0.15, -0.1) is 24.0 Å². The molecule has 1 rings (SSSR count). The lowest BCUT2D eigenvalue weighted by molar-refractivity contribution is 0.128. The molecule has 0 aliphatic heterocycles. The van der Waals surface area contributed by atoms with Gasteiger partial charge in [-0.25, -0.2) is 0 Å². The van der Waals surface area contributed by atoms with Gasteiger partial charge in [-0.05, 0) is 26.7 Å². The summed E-state index contributed by atoms with van der Waals surface area (Å²) in [5.74, 6) is 0.823. The predicted molar refractivity (Wildman–Crippen MR) is 125 cm³/mol. The van der Waals surface area contributed by atoms with Crippen LogP contribution in [0.3, 0.4) is 0 Å². The summed E-state index contributed by atoms with van der Waals surface area (Å²) >= 11 is 0. The van der Waals surface area contributed by atoms with Crippen molar-refractivity contribution in [2.45, 2.75) is 72.3 Å². The smallest absolute Gasteiger partial charge is 0.191 e. The minimum atomic E-state index is 0. The summed E-state index contributed by atoms with van der Waals surface area (Å²) in [6.45, 7) is 9.68. The molecular formula is C20H40IN5O. The van der Waals surface area contributed by atoms with Crippen LogP contribution in [0.25, 0.3) is 0 Å². The molecule has 158 valence electrons. The fourth-order valence-corrected chi connectivity index (χ4v) is 2.93. The van der Waals surface area contributed by atoms with Gasteiger partial charge in [-0.1, -0.05) is 39.0 Å². The van der Waals surface area contributed by atoms with E-state index in [1.165, 1.54) is 49.8 Å². The normalized spacial score (nSPS) is 11.4. The Hall–Kier alpha value is -0.830. The fraction of sp³-hybridized carbons (Fsp3) is 0.800. The maximum absolute atomic E-state index is 5.71. The van der Waals surface area contributed by atoms with Crippen LogP contribution in [-0.4, -0.2) is 42.5 Å². The van der Waals surface area contributed by atoms with Gasteiger partial charge in [0.05, 0.1) is 5.69 Å². The first kappa shape index (κ1) is 26.2. The lowest BCUT2D eigenvalue weighted by Gasteiger charge is -2.12. The largest absolute Gasteiger partial charge is 0.381 e. The van der Waals surface area contributed by atoms with Crippen molar-refractivity contribution in [1.29, 1.82) is 0 Å². The monoisotopic (exact) mass is 493 g/mol. The molecule has 0 aliphatic rings. The molecule has 0 aliphatic carbocycles. The molecule has 0 bridgehead atoms. The molecule has 7 heteroatoms. The van der Waals surface area contributed by atoms with Crippen molar-refractivity contribution >= 4 is 29.9 Å². The molecule has 0 fully saturated rings. The summed E-state index contributed by atoms with van der Waals surface area (Å²) in [6.07, 6.45) is 8.85. The lowest BCUT2D eigenvalue weighted by Crippen LogP contribution is -2.37. The van der Waals surface area contributed by atoms with E-state index in [2.05, 4.69) is 34.6 Å². The van der Waals surface area contributed by atoms with Crippen molar-refractivity contribution in [2.75, 3.05) is 26.8 Å². The predicted octanol–water partition coefficient (Wildman–Crippen LogP) is 4.09. The Kier molecular flexibility index (Phi) is 15.7. The fourth-order valence-electron chi connectivity index (χ4n) is 2.93. The lowest BCUT2D eigenvalue weighted by atomic mass is 10.1. The second-order valence-electron chi connectivity index (χ2n) is 6.86. The molecular weight excluding hydrogens is 453 g/mol. The van der Waals surface area contributed by atoms with Crippen LogP contribution in [0.1, 0.15) is 68.8 Å². The van der Waals surface area contributed by atoms with E-state index in [0.717, 1.165) is 44.4 Å². The molecule has 1 aromatic rings. The van der Waals surface area contributed by atoms with Gasteiger partial charge in [0.1, 0.15) is 0 Å². The zero-order valence-electron chi connectivity index (χ0n) is 17.9. The highest BCUT2D eigenvalue weighted by Crippen LogP contribution is 2.11. The number of nitrogens with zero attached hydrogens (tertiary/aromatic N) is 3. The molecule has 0 unspecified atom stereocenters. The van der Waals surface area contributed by atoms with Gasteiger partial charge in [0.2, 0.25) is 0 Å². The molecule has 2 N–H and O–H groups in total. The summed E-state index contributed by atoms with van der Waals surface area (Å²) < 4.78 is 7.63. The van der Waals surface area contributed by atoms with Crippen LogP contribution in [0.5, 0.6) is 0 Å². The number of unbranched alkanes of at least 4 members (excludes halogenated alkanes) is 5. The third-order valence-electron chi connectivity index (χ3n) is 4.72. The van der Waals surface area contributed by atoms with Crippen molar-refractivity contribution in [2.24, 2.45) is 12.0 Å². The molecule has 0 radical (unpaired) electrons. The summed E-state index contributed by atoms with van der Waals surface area (Å²) in [6, 6.07) is 0. The Bertz CT molecular complexity index is 531. The topological polar surface area (TPSA) is 63.5 Å². The number of rotatable bonds is 13. The first-order valence-electron chi connectivity index (χ1n) is 10.1. The van der Waals surface area contributed by atoms with E-state index < -0.39 is 0 Å². The summed E-state index contributed by atoms with van der Waals surface area (Å²) in [5, 5.41) is 11.1. The number of hydrogen-bond acceptors (Lipinski definition) is 3. The number of ether oxygens (including phenoxy) is 1. The van der Waals surface area contributed by atoms with Crippen LogP contribution >= 0.6 is 24.0 Å². The zero-order valence-corrected chi connectivity index (χ0v) is 20.3. The molecule has 1 heterocycles. The minimum absolute atomic E-state index is 0. The quantitative estimate of drug-likeness (QED) is 0.188. The summed E-state index contributed by atoms with van der Waals surface area (Å²) in [5.41, 5.74) is 3.49. The van der Waals surface area contributed by atoms with Crippen molar-refractivity contribution in [3.63, 3.8) is 0 Å². The molecule has 0 saturated heterocycles. The van der Waals surface area contributed by atoms with E-state index in [1.54, 1.807) is 7.05 Å². The van der Waals surface area contributed by atoms with E-state index in [0.29, 0.717) is 0 Å². The average molecular weight is 493 g/mol. The van der Waals surface area contributed by atoms with E-state index in [-0.39, 0.29) is 24.0 Å². The van der Waals surface area contributed by atoms with Gasteiger partial charge < -0.3 is 15.4 Å². The van der Waals surface area contributed by atoms with Crippen molar-refractivity contribution in [1.82, 2.24) is 20.4 Å². The Morgan fingerprint density at radius 3 is 2.33 bits per heavy atom. The second kappa shape index (κ2) is 16.2. The van der Waals surface area contributed by atoms with Crippen molar-refractivity contribution in [3.05, 3.63) is 17.0 Å². The number of halogens is 1. The molecule has 0 atom stereocenters. The highest BCUT2D eigenvalue weighted by molar-refractivity contribution is 14.0. The number of aryl methyl sites for hydroxylation is 2. The van der Waals surface area contributed by atoms with Gasteiger partial charge in [-0.2, -0.15) is 5.10 Å². The van der Waals surface area contributed by atoms with Gasteiger partial charge in [0, 0.05) is 51.7 Å². The van der Waals surface area contributed by atoms with E-state index >= 15 is 0 Å². The number of nitrogens with one attached hydrogen (secondary N) is 2. The highest BCUT2D eigenvalue weighted by atomic mass is 127. The van der Waals surface area contributed by atoms with Crippen molar-refractivity contribution < 1.29 is 4.74 Å². The second-order valence-corrected chi connectivity index (χ2v) is 6.86. The minimum Gasteiger partial charge on any atom is -0.381 e. The van der Waals surface area contributed by atoms with Crippen LogP contribution in [0.4, 0.5) is 0 Å².